The number of Topliss-reactive ketones (excluding diaryl/α,β-unsaturated/α-hetero) is 1. The molecule has 2 nitrogen and oxygen atoms in total. The number of carbonyl (C=O) groups excluding carboxylic acids is 1. The minimum atomic E-state index is 0.108. The number of halogens is 1. The zero-order valence-electron chi connectivity index (χ0n) is 9.92. The van der Waals surface area contributed by atoms with Gasteiger partial charge in [-0.15, -0.1) is 0 Å². The van der Waals surface area contributed by atoms with Crippen LogP contribution < -0.4 is 5.32 Å². The van der Waals surface area contributed by atoms with Gasteiger partial charge in [-0.1, -0.05) is 23.7 Å². The van der Waals surface area contributed by atoms with Gasteiger partial charge in [0.15, 0.2) is 5.78 Å². The molecule has 2 rings (SSSR count). The number of benzene rings is 1. The fraction of sp³-hybridized carbons (Fsp3) is 0.357. The molecule has 0 aromatic heterocycles. The van der Waals surface area contributed by atoms with Crippen molar-refractivity contribution in [3.63, 3.8) is 0 Å². The maximum absolute atomic E-state index is 11.8. The van der Waals surface area contributed by atoms with Crippen molar-refractivity contribution in [3.8, 4) is 0 Å². The number of piperidine rings is 1. The zero-order chi connectivity index (χ0) is 12.3. The maximum atomic E-state index is 11.8. The molecule has 1 saturated heterocycles. The first-order valence-electron chi connectivity index (χ1n) is 5.92. The molecule has 1 heterocycles. The second kappa shape index (κ2) is 5.37. The summed E-state index contributed by atoms with van der Waals surface area (Å²) in [5.74, 6) is 0.108. The molecule has 1 aromatic rings. The van der Waals surface area contributed by atoms with E-state index in [9.17, 15) is 4.79 Å². The first-order valence-corrected chi connectivity index (χ1v) is 6.30. The highest BCUT2D eigenvalue weighted by Gasteiger charge is 2.16. The van der Waals surface area contributed by atoms with Crippen LogP contribution >= 0.6 is 11.6 Å². The number of carbonyl (C=O) groups is 1. The van der Waals surface area contributed by atoms with Crippen LogP contribution in [0.4, 0.5) is 0 Å². The first-order chi connectivity index (χ1) is 8.18. The van der Waals surface area contributed by atoms with Crippen LogP contribution in [-0.4, -0.2) is 12.3 Å². The van der Waals surface area contributed by atoms with Crippen LogP contribution in [0.25, 0.3) is 5.57 Å². The third-order valence-electron chi connectivity index (χ3n) is 2.98. The summed E-state index contributed by atoms with van der Waals surface area (Å²) in [5.41, 5.74) is 2.83. The average molecular weight is 250 g/mol. The molecule has 17 heavy (non-hydrogen) atoms. The Balaban J connectivity index is 2.41. The quantitative estimate of drug-likeness (QED) is 0.814. The molecule has 0 bridgehead atoms. The SMILES string of the molecule is CC(=O)/C(=C1\CCCCN1)c1ccc(Cl)cc1. The van der Waals surface area contributed by atoms with Crippen LogP contribution in [0.2, 0.25) is 5.02 Å². The maximum Gasteiger partial charge on any atom is 0.162 e. The standard InChI is InChI=1S/C14H16ClNO/c1-10(17)14(13-4-2-3-9-16-13)11-5-7-12(15)8-6-11/h5-8,16H,2-4,9H2,1H3/b14-13-. The van der Waals surface area contributed by atoms with E-state index in [2.05, 4.69) is 5.32 Å². The third-order valence-corrected chi connectivity index (χ3v) is 3.23. The van der Waals surface area contributed by atoms with Gasteiger partial charge < -0.3 is 5.32 Å². The molecule has 0 saturated carbocycles. The Morgan fingerprint density at radius 3 is 2.47 bits per heavy atom. The molecule has 0 atom stereocenters. The Morgan fingerprint density at radius 1 is 1.24 bits per heavy atom. The Kier molecular flexibility index (Phi) is 3.85. The van der Waals surface area contributed by atoms with Crippen molar-refractivity contribution in [2.24, 2.45) is 0 Å². The molecular formula is C14H16ClNO. The van der Waals surface area contributed by atoms with Crippen LogP contribution in [0.5, 0.6) is 0 Å². The van der Waals surface area contributed by atoms with E-state index < -0.39 is 0 Å². The third kappa shape index (κ3) is 2.89. The second-order valence-electron chi connectivity index (χ2n) is 4.30. The van der Waals surface area contributed by atoms with Gasteiger partial charge in [0.05, 0.1) is 0 Å². The van der Waals surface area contributed by atoms with Crippen LogP contribution in [-0.2, 0) is 4.79 Å². The van der Waals surface area contributed by atoms with E-state index in [1.54, 1.807) is 6.92 Å². The lowest BCUT2D eigenvalue weighted by Crippen LogP contribution is -2.22. The van der Waals surface area contributed by atoms with Gasteiger partial charge in [0.1, 0.15) is 0 Å². The molecule has 0 spiro atoms. The molecule has 1 aliphatic rings. The minimum Gasteiger partial charge on any atom is -0.388 e. The van der Waals surface area contributed by atoms with Gasteiger partial charge in [-0.2, -0.15) is 0 Å². The second-order valence-corrected chi connectivity index (χ2v) is 4.74. The number of ketones is 1. The van der Waals surface area contributed by atoms with Gasteiger partial charge in [0.25, 0.3) is 0 Å². The highest BCUT2D eigenvalue weighted by Crippen LogP contribution is 2.25. The smallest absolute Gasteiger partial charge is 0.162 e. The van der Waals surface area contributed by atoms with Crippen molar-refractivity contribution in [1.29, 1.82) is 0 Å². The van der Waals surface area contributed by atoms with Crippen molar-refractivity contribution >= 4 is 23.0 Å². The molecular weight excluding hydrogens is 234 g/mol. The van der Waals surface area contributed by atoms with Gasteiger partial charge in [0, 0.05) is 22.8 Å². The topological polar surface area (TPSA) is 29.1 Å². The van der Waals surface area contributed by atoms with Gasteiger partial charge in [-0.25, -0.2) is 0 Å². The summed E-state index contributed by atoms with van der Waals surface area (Å²) in [6.07, 6.45) is 3.28. The largest absolute Gasteiger partial charge is 0.388 e. The molecule has 3 heteroatoms. The Hall–Kier alpha value is -1.28. The van der Waals surface area contributed by atoms with E-state index in [-0.39, 0.29) is 5.78 Å². The number of allylic oxidation sites excluding steroid dienone is 2. The summed E-state index contributed by atoms with van der Waals surface area (Å²) in [5, 5.41) is 4.03. The molecule has 90 valence electrons. The summed E-state index contributed by atoms with van der Waals surface area (Å²) in [7, 11) is 0. The van der Waals surface area contributed by atoms with Crippen molar-refractivity contribution in [3.05, 3.63) is 40.5 Å². The minimum absolute atomic E-state index is 0.108. The summed E-state index contributed by atoms with van der Waals surface area (Å²) in [4.78, 5) is 11.8. The molecule has 0 radical (unpaired) electrons. The summed E-state index contributed by atoms with van der Waals surface area (Å²) < 4.78 is 0. The number of nitrogens with one attached hydrogen (secondary N) is 1. The molecule has 1 aromatic carbocycles. The molecule has 0 amide bonds. The lowest BCUT2D eigenvalue weighted by atomic mass is 9.96. The highest BCUT2D eigenvalue weighted by atomic mass is 35.5. The number of hydrogen-bond acceptors (Lipinski definition) is 2. The van der Waals surface area contributed by atoms with E-state index in [1.807, 2.05) is 24.3 Å². The monoisotopic (exact) mass is 249 g/mol. The van der Waals surface area contributed by atoms with E-state index in [0.29, 0.717) is 5.02 Å². The average Bonchev–Trinajstić information content (AvgIpc) is 2.33. The Bertz CT molecular complexity index is 440. The fourth-order valence-corrected chi connectivity index (χ4v) is 2.30. The predicted octanol–water partition coefficient (Wildman–Crippen LogP) is 3.41. The van der Waals surface area contributed by atoms with E-state index in [1.165, 1.54) is 6.42 Å². The van der Waals surface area contributed by atoms with Crippen LogP contribution in [0.15, 0.2) is 30.0 Å². The van der Waals surface area contributed by atoms with Crippen molar-refractivity contribution in [2.45, 2.75) is 26.2 Å². The lowest BCUT2D eigenvalue weighted by Gasteiger charge is -2.20. The van der Waals surface area contributed by atoms with Gasteiger partial charge in [-0.05, 0) is 43.9 Å². The lowest BCUT2D eigenvalue weighted by molar-refractivity contribution is -0.111. The Morgan fingerprint density at radius 2 is 1.94 bits per heavy atom. The predicted molar refractivity (Wildman–Crippen MR) is 70.9 cm³/mol. The first kappa shape index (κ1) is 12.2. The van der Waals surface area contributed by atoms with Crippen LogP contribution in [0.1, 0.15) is 31.7 Å². The highest BCUT2D eigenvalue weighted by molar-refractivity contribution is 6.30. The van der Waals surface area contributed by atoms with Crippen molar-refractivity contribution < 1.29 is 4.79 Å². The molecule has 1 fully saturated rings. The molecule has 1 N–H and O–H groups in total. The summed E-state index contributed by atoms with van der Waals surface area (Å²) in [6, 6.07) is 7.46. The molecule has 1 aliphatic heterocycles. The van der Waals surface area contributed by atoms with E-state index >= 15 is 0 Å². The van der Waals surface area contributed by atoms with Gasteiger partial charge >= 0.3 is 0 Å². The molecule has 0 unspecified atom stereocenters. The molecule has 0 aliphatic carbocycles. The van der Waals surface area contributed by atoms with E-state index in [0.717, 1.165) is 36.2 Å². The summed E-state index contributed by atoms with van der Waals surface area (Å²) >= 11 is 5.87. The van der Waals surface area contributed by atoms with Gasteiger partial charge in [0.2, 0.25) is 0 Å². The van der Waals surface area contributed by atoms with Gasteiger partial charge in [-0.3, -0.25) is 4.79 Å². The number of hydrogen-bond donors (Lipinski definition) is 1. The van der Waals surface area contributed by atoms with E-state index in [4.69, 9.17) is 11.6 Å². The summed E-state index contributed by atoms with van der Waals surface area (Å²) in [6.45, 7) is 2.58. The normalized spacial score (nSPS) is 18.5. The van der Waals surface area contributed by atoms with Crippen LogP contribution in [0.3, 0.4) is 0 Å². The van der Waals surface area contributed by atoms with Crippen LogP contribution in [0, 0.1) is 0 Å². The van der Waals surface area contributed by atoms with Crippen molar-refractivity contribution in [1.82, 2.24) is 5.32 Å². The number of rotatable bonds is 2. The van der Waals surface area contributed by atoms with Crippen molar-refractivity contribution in [2.75, 3.05) is 6.54 Å². The zero-order valence-corrected chi connectivity index (χ0v) is 10.7. The fourth-order valence-electron chi connectivity index (χ4n) is 2.17. The Labute approximate surface area is 107 Å².